The van der Waals surface area contributed by atoms with Crippen LogP contribution in [0, 0.1) is 12.7 Å². The molecule has 0 atom stereocenters. The molecule has 2 aromatic heterocycles. The first-order valence-electron chi connectivity index (χ1n) is 4.09. The maximum atomic E-state index is 13.3. The predicted octanol–water partition coefficient (Wildman–Crippen LogP) is -0.538. The van der Waals surface area contributed by atoms with Gasteiger partial charge < -0.3 is 14.4 Å². The number of rotatable bonds is 1. The van der Waals surface area contributed by atoms with Gasteiger partial charge in [-0.3, -0.25) is 0 Å². The number of hydrogen-bond acceptors (Lipinski definition) is 3. The largest absolute Gasteiger partial charge is 0.490 e. The molecular weight excluding hydrogens is 186 g/mol. The molecule has 2 N–H and O–H groups in total. The van der Waals surface area contributed by atoms with Gasteiger partial charge in [0.05, 0.1) is 0 Å². The van der Waals surface area contributed by atoms with E-state index in [-0.39, 0.29) is 11.1 Å². The molecule has 0 saturated carbocycles. The van der Waals surface area contributed by atoms with Crippen LogP contribution in [0.25, 0.3) is 5.65 Å². The number of pyridine rings is 1. The van der Waals surface area contributed by atoms with Crippen molar-refractivity contribution in [1.29, 1.82) is 0 Å². The molecule has 0 fully saturated rings. The van der Waals surface area contributed by atoms with Gasteiger partial charge in [-0.15, -0.1) is 0 Å². The van der Waals surface area contributed by atoms with Crippen molar-refractivity contribution in [2.45, 2.75) is 6.92 Å². The first kappa shape index (κ1) is 9.17. The van der Waals surface area contributed by atoms with E-state index in [1.807, 2.05) is 0 Å². The topological polar surface area (TPSA) is 57.8 Å². The van der Waals surface area contributed by atoms with Crippen LogP contribution in [0.2, 0.25) is 0 Å². The highest BCUT2D eigenvalue weighted by Gasteiger charge is 2.15. The van der Waals surface area contributed by atoms with Crippen molar-refractivity contribution in [3.8, 4) is 0 Å². The molecule has 0 saturated heterocycles. The number of fused-ring (bicyclic) bond motifs is 1. The Balaban J connectivity index is 2.75. The average Bonchev–Trinajstić information content (AvgIpc) is 2.48. The van der Waals surface area contributed by atoms with Gasteiger partial charge in [-0.1, -0.05) is 0 Å². The van der Waals surface area contributed by atoms with Crippen molar-refractivity contribution in [2.24, 2.45) is 0 Å². The Labute approximate surface area is 79.8 Å². The summed E-state index contributed by atoms with van der Waals surface area (Å²) < 4.78 is 14.8. The van der Waals surface area contributed by atoms with Gasteiger partial charge in [0, 0.05) is 23.6 Å². The third-order valence-corrected chi connectivity index (χ3v) is 2.07. The summed E-state index contributed by atoms with van der Waals surface area (Å²) >= 11 is 0. The number of aryl methyl sites for hydroxylation is 1. The SMILES string of the molecule is Cc1cnc2c(F)cc(B(O)O)cn12. The average molecular weight is 194 g/mol. The fourth-order valence-corrected chi connectivity index (χ4v) is 1.32. The number of nitrogens with zero attached hydrogens (tertiary/aromatic N) is 2. The Morgan fingerprint density at radius 1 is 1.50 bits per heavy atom. The van der Waals surface area contributed by atoms with Gasteiger partial charge in [-0.05, 0) is 13.0 Å². The lowest BCUT2D eigenvalue weighted by molar-refractivity contribution is 0.425. The van der Waals surface area contributed by atoms with E-state index in [9.17, 15) is 4.39 Å². The second-order valence-electron chi connectivity index (χ2n) is 3.09. The normalized spacial score (nSPS) is 10.9. The van der Waals surface area contributed by atoms with E-state index < -0.39 is 12.9 Å². The molecule has 2 heterocycles. The summed E-state index contributed by atoms with van der Waals surface area (Å²) in [5, 5.41) is 17.8. The Morgan fingerprint density at radius 2 is 2.21 bits per heavy atom. The van der Waals surface area contributed by atoms with Gasteiger partial charge in [0.25, 0.3) is 0 Å². The summed E-state index contributed by atoms with van der Waals surface area (Å²) in [5.74, 6) is -0.566. The van der Waals surface area contributed by atoms with Crippen molar-refractivity contribution in [1.82, 2.24) is 9.38 Å². The Morgan fingerprint density at radius 3 is 2.86 bits per heavy atom. The molecule has 72 valence electrons. The van der Waals surface area contributed by atoms with Crippen LogP contribution in [0.3, 0.4) is 0 Å². The van der Waals surface area contributed by atoms with Crippen LogP contribution in [0.1, 0.15) is 5.69 Å². The second-order valence-corrected chi connectivity index (χ2v) is 3.09. The van der Waals surface area contributed by atoms with E-state index in [4.69, 9.17) is 10.0 Å². The molecule has 0 aliphatic rings. The lowest BCUT2D eigenvalue weighted by Gasteiger charge is -2.02. The van der Waals surface area contributed by atoms with Crippen LogP contribution in [-0.2, 0) is 0 Å². The molecule has 0 spiro atoms. The summed E-state index contributed by atoms with van der Waals surface area (Å²) in [4.78, 5) is 3.84. The predicted molar refractivity (Wildman–Crippen MR) is 49.7 cm³/mol. The maximum Gasteiger partial charge on any atom is 0.490 e. The lowest BCUT2D eigenvalue weighted by Crippen LogP contribution is -2.31. The fraction of sp³-hybridized carbons (Fsp3) is 0.125. The molecule has 0 amide bonds. The Hall–Kier alpha value is -1.40. The Kier molecular flexibility index (Phi) is 2.01. The molecule has 2 rings (SSSR count). The summed E-state index contributed by atoms with van der Waals surface area (Å²) in [6.45, 7) is 1.76. The monoisotopic (exact) mass is 194 g/mol. The van der Waals surface area contributed by atoms with E-state index >= 15 is 0 Å². The molecule has 0 radical (unpaired) electrons. The van der Waals surface area contributed by atoms with Crippen molar-refractivity contribution in [3.05, 3.63) is 30.0 Å². The minimum atomic E-state index is -1.67. The summed E-state index contributed by atoms with van der Waals surface area (Å²) in [6, 6.07) is 1.06. The zero-order valence-electron chi connectivity index (χ0n) is 7.48. The molecule has 4 nitrogen and oxygen atoms in total. The van der Waals surface area contributed by atoms with Gasteiger partial charge in [-0.2, -0.15) is 0 Å². The first-order chi connectivity index (χ1) is 6.59. The number of halogens is 1. The minimum Gasteiger partial charge on any atom is -0.423 e. The second kappa shape index (κ2) is 3.07. The van der Waals surface area contributed by atoms with Crippen LogP contribution < -0.4 is 5.46 Å². The summed E-state index contributed by atoms with van der Waals surface area (Å²) in [6.07, 6.45) is 2.97. The molecule has 14 heavy (non-hydrogen) atoms. The third-order valence-electron chi connectivity index (χ3n) is 2.07. The zero-order valence-corrected chi connectivity index (χ0v) is 7.48. The van der Waals surface area contributed by atoms with E-state index in [0.717, 1.165) is 11.8 Å². The van der Waals surface area contributed by atoms with Crippen molar-refractivity contribution in [2.75, 3.05) is 0 Å². The fourth-order valence-electron chi connectivity index (χ4n) is 1.32. The van der Waals surface area contributed by atoms with Gasteiger partial charge in [-0.25, -0.2) is 9.37 Å². The lowest BCUT2D eigenvalue weighted by atomic mass is 9.81. The highest BCUT2D eigenvalue weighted by molar-refractivity contribution is 6.58. The van der Waals surface area contributed by atoms with Crippen molar-refractivity contribution >= 4 is 18.2 Å². The van der Waals surface area contributed by atoms with Crippen LogP contribution in [0.5, 0.6) is 0 Å². The number of aromatic nitrogens is 2. The molecule has 0 unspecified atom stereocenters. The molecule has 0 aromatic carbocycles. The maximum absolute atomic E-state index is 13.3. The minimum absolute atomic E-state index is 0.108. The van der Waals surface area contributed by atoms with Crippen molar-refractivity contribution in [3.63, 3.8) is 0 Å². The highest BCUT2D eigenvalue weighted by Crippen LogP contribution is 2.08. The van der Waals surface area contributed by atoms with E-state index in [1.165, 1.54) is 16.8 Å². The molecule has 6 heteroatoms. The zero-order chi connectivity index (χ0) is 10.3. The van der Waals surface area contributed by atoms with Gasteiger partial charge in [0.1, 0.15) is 0 Å². The summed E-state index contributed by atoms with van der Waals surface area (Å²) in [7, 11) is -1.67. The molecule has 0 bridgehead atoms. The molecule has 2 aromatic rings. The Bertz CT molecular complexity index is 483. The van der Waals surface area contributed by atoms with Gasteiger partial charge in [0.2, 0.25) is 0 Å². The van der Waals surface area contributed by atoms with E-state index in [0.29, 0.717) is 0 Å². The van der Waals surface area contributed by atoms with E-state index in [1.54, 1.807) is 6.92 Å². The summed E-state index contributed by atoms with van der Waals surface area (Å²) in [5.41, 5.74) is 1.03. The van der Waals surface area contributed by atoms with Crippen LogP contribution >= 0.6 is 0 Å². The van der Waals surface area contributed by atoms with Crippen LogP contribution in [0.15, 0.2) is 18.5 Å². The van der Waals surface area contributed by atoms with Gasteiger partial charge in [0.15, 0.2) is 11.5 Å². The van der Waals surface area contributed by atoms with Crippen molar-refractivity contribution < 1.29 is 14.4 Å². The number of imidazole rings is 1. The number of hydrogen-bond donors (Lipinski definition) is 2. The molecule has 0 aliphatic heterocycles. The van der Waals surface area contributed by atoms with Gasteiger partial charge >= 0.3 is 7.12 Å². The van der Waals surface area contributed by atoms with Crippen LogP contribution in [-0.4, -0.2) is 26.6 Å². The smallest absolute Gasteiger partial charge is 0.423 e. The molecular formula is C8H8BFN2O2. The van der Waals surface area contributed by atoms with Crippen LogP contribution in [0.4, 0.5) is 4.39 Å². The first-order valence-corrected chi connectivity index (χ1v) is 4.09. The standard InChI is InChI=1S/C8H8BFN2O2/c1-5-3-11-8-7(10)2-6(9(13)14)4-12(5)8/h2-4,13-14H,1H3. The third kappa shape index (κ3) is 1.28. The highest BCUT2D eigenvalue weighted by atomic mass is 19.1. The van der Waals surface area contributed by atoms with E-state index in [2.05, 4.69) is 4.98 Å². The quantitative estimate of drug-likeness (QED) is 0.599. The molecule has 0 aliphatic carbocycles.